The summed E-state index contributed by atoms with van der Waals surface area (Å²) < 4.78 is 13.0. The topological polar surface area (TPSA) is 33.2 Å². The molecular formula is C21H21FN2OS. The molecule has 1 heterocycles. The first-order chi connectivity index (χ1) is 12.5. The zero-order chi connectivity index (χ0) is 18.5. The van der Waals surface area contributed by atoms with Crippen LogP contribution in [0.2, 0.25) is 0 Å². The molecule has 1 aromatic heterocycles. The summed E-state index contributed by atoms with van der Waals surface area (Å²) in [5, 5.41) is 2.86. The molecular weight excluding hydrogens is 347 g/mol. The highest BCUT2D eigenvalue weighted by Gasteiger charge is 2.13. The average Bonchev–Trinajstić information content (AvgIpc) is 3.12. The molecule has 0 spiro atoms. The van der Waals surface area contributed by atoms with Crippen molar-refractivity contribution in [1.82, 2.24) is 9.88 Å². The number of thiazole rings is 1. The lowest BCUT2D eigenvalue weighted by Gasteiger charge is -2.16. The molecule has 0 aliphatic carbocycles. The molecule has 0 fully saturated rings. The quantitative estimate of drug-likeness (QED) is 0.631. The number of hydrogen-bond acceptors (Lipinski definition) is 3. The molecule has 0 radical (unpaired) electrons. The van der Waals surface area contributed by atoms with Gasteiger partial charge in [-0.3, -0.25) is 4.79 Å². The van der Waals surface area contributed by atoms with Crippen LogP contribution in [0.25, 0.3) is 10.6 Å². The number of rotatable bonds is 6. The Morgan fingerprint density at radius 2 is 1.73 bits per heavy atom. The molecule has 26 heavy (non-hydrogen) atoms. The van der Waals surface area contributed by atoms with E-state index < -0.39 is 0 Å². The van der Waals surface area contributed by atoms with Crippen LogP contribution < -0.4 is 0 Å². The summed E-state index contributed by atoms with van der Waals surface area (Å²) in [5.41, 5.74) is 4.05. The summed E-state index contributed by atoms with van der Waals surface area (Å²) in [6, 6.07) is 14.6. The van der Waals surface area contributed by atoms with Gasteiger partial charge in [0.2, 0.25) is 5.91 Å². The summed E-state index contributed by atoms with van der Waals surface area (Å²) in [5.74, 6) is -0.280. The number of carbonyl (C=O) groups is 1. The van der Waals surface area contributed by atoms with Gasteiger partial charge in [-0.05, 0) is 29.7 Å². The van der Waals surface area contributed by atoms with Gasteiger partial charge in [0.05, 0.1) is 12.1 Å². The number of halogens is 1. The van der Waals surface area contributed by atoms with Gasteiger partial charge in [0.25, 0.3) is 0 Å². The van der Waals surface area contributed by atoms with Crippen molar-refractivity contribution in [2.75, 3.05) is 7.05 Å². The van der Waals surface area contributed by atoms with Gasteiger partial charge in [-0.25, -0.2) is 9.37 Å². The summed E-state index contributed by atoms with van der Waals surface area (Å²) in [6.07, 6.45) is 1.28. The van der Waals surface area contributed by atoms with E-state index in [0.29, 0.717) is 6.54 Å². The molecule has 2 aromatic carbocycles. The molecule has 0 atom stereocenters. The second-order valence-corrected chi connectivity index (χ2v) is 7.11. The molecule has 3 nitrogen and oxygen atoms in total. The number of carbonyl (C=O) groups excluding carboxylic acids is 1. The fourth-order valence-corrected chi connectivity index (χ4v) is 3.47. The van der Waals surface area contributed by atoms with Crippen molar-refractivity contribution >= 4 is 17.2 Å². The maximum atomic E-state index is 13.0. The van der Waals surface area contributed by atoms with E-state index in [0.717, 1.165) is 28.2 Å². The first-order valence-corrected chi connectivity index (χ1v) is 9.45. The number of aromatic nitrogens is 1. The molecule has 0 N–H and O–H groups in total. The Kier molecular flexibility index (Phi) is 5.78. The van der Waals surface area contributed by atoms with E-state index in [1.165, 1.54) is 17.7 Å². The van der Waals surface area contributed by atoms with E-state index in [1.54, 1.807) is 35.4 Å². The fourth-order valence-electron chi connectivity index (χ4n) is 2.65. The number of amides is 1. The van der Waals surface area contributed by atoms with Crippen molar-refractivity contribution in [3.05, 3.63) is 76.5 Å². The van der Waals surface area contributed by atoms with Crippen molar-refractivity contribution < 1.29 is 9.18 Å². The molecule has 0 aliphatic rings. The Hall–Kier alpha value is -2.53. The second-order valence-electron chi connectivity index (χ2n) is 6.25. The summed E-state index contributed by atoms with van der Waals surface area (Å²) in [7, 11) is 1.75. The van der Waals surface area contributed by atoms with E-state index in [-0.39, 0.29) is 18.1 Å². The minimum absolute atomic E-state index is 0.00694. The zero-order valence-electron chi connectivity index (χ0n) is 14.9. The third-order valence-electron chi connectivity index (χ3n) is 4.25. The third-order valence-corrected chi connectivity index (χ3v) is 5.19. The van der Waals surface area contributed by atoms with Crippen LogP contribution in [0, 0.1) is 5.82 Å². The van der Waals surface area contributed by atoms with Crippen LogP contribution in [-0.2, 0) is 24.2 Å². The lowest BCUT2D eigenvalue weighted by Crippen LogP contribution is -2.27. The average molecular weight is 368 g/mol. The monoisotopic (exact) mass is 368 g/mol. The molecule has 0 unspecified atom stereocenters. The predicted octanol–water partition coefficient (Wildman–Crippen LogP) is 4.71. The number of benzene rings is 2. The number of aryl methyl sites for hydroxylation is 1. The first kappa shape index (κ1) is 18.3. The number of hydrogen-bond donors (Lipinski definition) is 0. The van der Waals surface area contributed by atoms with Crippen molar-refractivity contribution in [3.8, 4) is 10.6 Å². The van der Waals surface area contributed by atoms with E-state index in [2.05, 4.69) is 36.2 Å². The Morgan fingerprint density at radius 3 is 2.38 bits per heavy atom. The molecule has 3 aromatic rings. The number of likely N-dealkylation sites (N-methyl/N-ethyl adjacent to an activating group) is 1. The Labute approximate surface area is 157 Å². The minimum Gasteiger partial charge on any atom is -0.341 e. The van der Waals surface area contributed by atoms with Crippen LogP contribution in [0.3, 0.4) is 0 Å². The molecule has 0 bridgehead atoms. The maximum absolute atomic E-state index is 13.0. The van der Waals surface area contributed by atoms with Gasteiger partial charge >= 0.3 is 0 Å². The van der Waals surface area contributed by atoms with E-state index in [1.807, 2.05) is 5.38 Å². The molecule has 5 heteroatoms. The van der Waals surface area contributed by atoms with Crippen LogP contribution in [-0.4, -0.2) is 22.8 Å². The van der Waals surface area contributed by atoms with Crippen molar-refractivity contribution in [2.45, 2.75) is 26.3 Å². The van der Waals surface area contributed by atoms with Crippen LogP contribution in [0.1, 0.15) is 23.7 Å². The van der Waals surface area contributed by atoms with Gasteiger partial charge in [-0.1, -0.05) is 43.3 Å². The van der Waals surface area contributed by atoms with Crippen LogP contribution in [0.5, 0.6) is 0 Å². The SMILES string of the molecule is CCc1ccc(-c2nc(CC(=O)N(C)Cc3ccc(F)cc3)cs2)cc1. The Morgan fingerprint density at radius 1 is 1.08 bits per heavy atom. The second kappa shape index (κ2) is 8.23. The standard InChI is InChI=1S/C21H21FN2OS/c1-3-15-4-8-17(9-5-15)21-23-19(14-26-21)12-20(25)24(2)13-16-6-10-18(22)11-7-16/h4-11,14H,3,12-13H2,1-2H3. The summed E-state index contributed by atoms with van der Waals surface area (Å²) in [4.78, 5) is 18.7. The molecule has 0 saturated carbocycles. The Balaban J connectivity index is 1.62. The van der Waals surface area contributed by atoms with Crippen molar-refractivity contribution in [3.63, 3.8) is 0 Å². The molecule has 3 rings (SSSR count). The maximum Gasteiger partial charge on any atom is 0.228 e. The Bertz CT molecular complexity index is 872. The molecule has 0 saturated heterocycles. The third kappa shape index (κ3) is 4.55. The van der Waals surface area contributed by atoms with Crippen LogP contribution in [0.15, 0.2) is 53.9 Å². The highest BCUT2D eigenvalue weighted by atomic mass is 32.1. The number of nitrogens with zero attached hydrogens (tertiary/aromatic N) is 2. The van der Waals surface area contributed by atoms with Crippen LogP contribution >= 0.6 is 11.3 Å². The van der Waals surface area contributed by atoms with E-state index >= 15 is 0 Å². The highest BCUT2D eigenvalue weighted by molar-refractivity contribution is 7.13. The fraction of sp³-hybridized carbons (Fsp3) is 0.238. The largest absolute Gasteiger partial charge is 0.341 e. The van der Waals surface area contributed by atoms with Gasteiger partial charge in [0, 0.05) is 24.5 Å². The van der Waals surface area contributed by atoms with E-state index in [4.69, 9.17) is 0 Å². The molecule has 0 aliphatic heterocycles. The summed E-state index contributed by atoms with van der Waals surface area (Å²) >= 11 is 1.55. The molecule has 1 amide bonds. The highest BCUT2D eigenvalue weighted by Crippen LogP contribution is 2.24. The first-order valence-electron chi connectivity index (χ1n) is 8.57. The molecule has 134 valence electrons. The lowest BCUT2D eigenvalue weighted by molar-refractivity contribution is -0.129. The van der Waals surface area contributed by atoms with Gasteiger partial charge in [-0.2, -0.15) is 0 Å². The smallest absolute Gasteiger partial charge is 0.228 e. The van der Waals surface area contributed by atoms with Gasteiger partial charge in [0.1, 0.15) is 10.8 Å². The van der Waals surface area contributed by atoms with Gasteiger partial charge in [-0.15, -0.1) is 11.3 Å². The lowest BCUT2D eigenvalue weighted by atomic mass is 10.1. The minimum atomic E-state index is -0.273. The van der Waals surface area contributed by atoms with Crippen molar-refractivity contribution in [1.29, 1.82) is 0 Å². The van der Waals surface area contributed by atoms with Crippen molar-refractivity contribution in [2.24, 2.45) is 0 Å². The summed E-state index contributed by atoms with van der Waals surface area (Å²) in [6.45, 7) is 2.58. The van der Waals surface area contributed by atoms with E-state index in [9.17, 15) is 9.18 Å². The van der Waals surface area contributed by atoms with Gasteiger partial charge < -0.3 is 4.90 Å². The van der Waals surface area contributed by atoms with Gasteiger partial charge in [0.15, 0.2) is 0 Å². The van der Waals surface area contributed by atoms with Crippen LogP contribution in [0.4, 0.5) is 4.39 Å². The predicted molar refractivity (Wildman–Crippen MR) is 104 cm³/mol. The zero-order valence-corrected chi connectivity index (χ0v) is 15.7. The normalized spacial score (nSPS) is 10.7.